The van der Waals surface area contributed by atoms with E-state index in [9.17, 15) is 4.79 Å². The summed E-state index contributed by atoms with van der Waals surface area (Å²) < 4.78 is 1.67. The van der Waals surface area contributed by atoms with Crippen molar-refractivity contribution in [1.29, 1.82) is 0 Å². The number of nitrogens with zero attached hydrogens (tertiary/aromatic N) is 5. The van der Waals surface area contributed by atoms with Crippen molar-refractivity contribution in [3.05, 3.63) is 5.82 Å². The van der Waals surface area contributed by atoms with Crippen LogP contribution in [0.2, 0.25) is 0 Å². The minimum Gasteiger partial charge on any atom is -0.343 e. The molecule has 1 aromatic heterocycles. The van der Waals surface area contributed by atoms with Gasteiger partial charge in [0.1, 0.15) is 0 Å². The van der Waals surface area contributed by atoms with Crippen LogP contribution < -0.4 is 0 Å². The Labute approximate surface area is 120 Å². The first-order valence-corrected chi connectivity index (χ1v) is 7.55. The summed E-state index contributed by atoms with van der Waals surface area (Å²) in [5.41, 5.74) is 0. The lowest BCUT2D eigenvalue weighted by Gasteiger charge is -2.32. The fraction of sp³-hybridized carbons (Fsp3) is 0.857. The van der Waals surface area contributed by atoms with E-state index in [4.69, 9.17) is 0 Å². The molecule has 0 N–H and O–H groups in total. The molecule has 1 aromatic rings. The number of carbonyl (C=O) groups is 1. The van der Waals surface area contributed by atoms with Crippen LogP contribution in [0, 0.1) is 5.92 Å². The second-order valence-corrected chi connectivity index (χ2v) is 6.03. The van der Waals surface area contributed by atoms with Gasteiger partial charge in [0, 0.05) is 33.0 Å². The zero-order chi connectivity index (χ0) is 14.5. The summed E-state index contributed by atoms with van der Waals surface area (Å²) in [5.74, 6) is 1.35. The highest BCUT2D eigenvalue weighted by Gasteiger charge is 2.23. The summed E-state index contributed by atoms with van der Waals surface area (Å²) in [7, 11) is 3.78. The lowest BCUT2D eigenvalue weighted by molar-refractivity contribution is -0.133. The van der Waals surface area contributed by atoms with E-state index in [2.05, 4.69) is 22.4 Å². The number of amides is 1. The molecule has 1 fully saturated rings. The van der Waals surface area contributed by atoms with Crippen LogP contribution in [-0.4, -0.2) is 44.1 Å². The molecule has 1 heterocycles. The van der Waals surface area contributed by atoms with Crippen molar-refractivity contribution in [1.82, 2.24) is 25.1 Å². The number of rotatable bonds is 5. The number of hydrogen-bond donors (Lipinski definition) is 0. The third kappa shape index (κ3) is 3.77. The van der Waals surface area contributed by atoms with Crippen molar-refractivity contribution in [2.75, 3.05) is 7.05 Å². The second-order valence-electron chi connectivity index (χ2n) is 6.03. The zero-order valence-corrected chi connectivity index (χ0v) is 12.7. The van der Waals surface area contributed by atoms with Gasteiger partial charge in [-0.2, -0.15) is 0 Å². The van der Waals surface area contributed by atoms with Gasteiger partial charge in [0.15, 0.2) is 5.82 Å². The molecular weight excluding hydrogens is 254 g/mol. The Morgan fingerprint density at radius 3 is 2.70 bits per heavy atom. The van der Waals surface area contributed by atoms with Crippen molar-refractivity contribution in [2.24, 2.45) is 13.0 Å². The first kappa shape index (κ1) is 14.9. The topological polar surface area (TPSA) is 63.9 Å². The van der Waals surface area contributed by atoms with Gasteiger partial charge >= 0.3 is 0 Å². The van der Waals surface area contributed by atoms with E-state index >= 15 is 0 Å². The van der Waals surface area contributed by atoms with Gasteiger partial charge in [-0.25, -0.2) is 4.68 Å². The van der Waals surface area contributed by atoms with Gasteiger partial charge < -0.3 is 4.90 Å². The number of hydrogen-bond acceptors (Lipinski definition) is 4. The van der Waals surface area contributed by atoms with Crippen molar-refractivity contribution >= 4 is 5.91 Å². The fourth-order valence-electron chi connectivity index (χ4n) is 2.92. The van der Waals surface area contributed by atoms with Crippen molar-refractivity contribution in [3.8, 4) is 0 Å². The third-order valence-electron chi connectivity index (χ3n) is 4.28. The van der Waals surface area contributed by atoms with Crippen molar-refractivity contribution in [3.63, 3.8) is 0 Å². The van der Waals surface area contributed by atoms with E-state index in [0.717, 1.165) is 25.1 Å². The average Bonchev–Trinajstić information content (AvgIpc) is 2.84. The third-order valence-corrected chi connectivity index (χ3v) is 4.28. The normalized spacial score (nSPS) is 17.9. The predicted octanol–water partition coefficient (Wildman–Crippen LogP) is 1.57. The number of tetrazole rings is 1. The molecule has 0 saturated heterocycles. The Bertz CT molecular complexity index is 439. The molecule has 6 heteroatoms. The Kier molecular flexibility index (Phi) is 5.09. The van der Waals surface area contributed by atoms with E-state index in [-0.39, 0.29) is 11.8 Å². The van der Waals surface area contributed by atoms with Crippen LogP contribution in [0.1, 0.15) is 51.3 Å². The van der Waals surface area contributed by atoms with Crippen LogP contribution in [0.25, 0.3) is 0 Å². The second kappa shape index (κ2) is 6.81. The van der Waals surface area contributed by atoms with E-state index in [1.165, 1.54) is 19.3 Å². The summed E-state index contributed by atoms with van der Waals surface area (Å²) in [5, 5.41) is 11.4. The molecule has 0 aromatic carbocycles. The lowest BCUT2D eigenvalue weighted by atomic mass is 9.93. The molecule has 1 aliphatic carbocycles. The summed E-state index contributed by atoms with van der Waals surface area (Å²) in [6, 6.07) is 0.444. The number of carbonyl (C=O) groups excluding carboxylic acids is 1. The van der Waals surface area contributed by atoms with Gasteiger partial charge in [-0.1, -0.05) is 26.2 Å². The maximum atomic E-state index is 12.3. The monoisotopic (exact) mass is 279 g/mol. The maximum absolute atomic E-state index is 12.3. The van der Waals surface area contributed by atoms with Crippen molar-refractivity contribution < 1.29 is 4.79 Å². The highest BCUT2D eigenvalue weighted by atomic mass is 16.2. The van der Waals surface area contributed by atoms with Crippen LogP contribution in [-0.2, 0) is 18.3 Å². The number of aromatic nitrogens is 4. The minimum absolute atomic E-state index is 0.250. The fourth-order valence-corrected chi connectivity index (χ4v) is 2.92. The predicted molar refractivity (Wildman–Crippen MR) is 75.9 cm³/mol. The molecular formula is C14H25N5O. The molecule has 1 atom stereocenters. The lowest BCUT2D eigenvalue weighted by Crippen LogP contribution is -2.39. The molecule has 1 aliphatic rings. The Morgan fingerprint density at radius 1 is 1.40 bits per heavy atom. The first-order chi connectivity index (χ1) is 9.58. The summed E-state index contributed by atoms with van der Waals surface area (Å²) in [4.78, 5) is 14.3. The molecule has 112 valence electrons. The molecule has 1 saturated carbocycles. The summed E-state index contributed by atoms with van der Waals surface area (Å²) >= 11 is 0. The number of aryl methyl sites for hydroxylation is 1. The van der Waals surface area contributed by atoms with Gasteiger partial charge in [-0.15, -0.1) is 5.10 Å². The Balaban J connectivity index is 1.82. The zero-order valence-electron chi connectivity index (χ0n) is 12.7. The standard InChI is InChI=1S/C14H25N5O/c1-11(9-13-15-16-17-19(13)3)10-14(20)18(2)12-7-5-4-6-8-12/h11-12H,4-10H2,1-3H3. The highest BCUT2D eigenvalue weighted by Crippen LogP contribution is 2.23. The molecule has 0 spiro atoms. The van der Waals surface area contributed by atoms with Gasteiger partial charge in [-0.05, 0) is 29.2 Å². The van der Waals surface area contributed by atoms with Gasteiger partial charge in [0.25, 0.3) is 0 Å². The van der Waals surface area contributed by atoms with E-state index < -0.39 is 0 Å². The Morgan fingerprint density at radius 2 is 2.10 bits per heavy atom. The summed E-state index contributed by atoms with van der Waals surface area (Å²) in [6.07, 6.45) is 7.44. The van der Waals surface area contributed by atoms with Crippen LogP contribution in [0.3, 0.4) is 0 Å². The molecule has 1 amide bonds. The maximum Gasteiger partial charge on any atom is 0.222 e. The van der Waals surface area contributed by atoms with Crippen LogP contribution in [0.4, 0.5) is 0 Å². The molecule has 2 rings (SSSR count). The first-order valence-electron chi connectivity index (χ1n) is 7.55. The van der Waals surface area contributed by atoms with Gasteiger partial charge in [0.2, 0.25) is 5.91 Å². The van der Waals surface area contributed by atoms with Crippen LogP contribution in [0.15, 0.2) is 0 Å². The highest BCUT2D eigenvalue weighted by molar-refractivity contribution is 5.76. The molecule has 20 heavy (non-hydrogen) atoms. The largest absolute Gasteiger partial charge is 0.343 e. The van der Waals surface area contributed by atoms with E-state index in [0.29, 0.717) is 12.5 Å². The van der Waals surface area contributed by atoms with Crippen LogP contribution in [0.5, 0.6) is 0 Å². The minimum atomic E-state index is 0.250. The summed E-state index contributed by atoms with van der Waals surface area (Å²) in [6.45, 7) is 2.08. The van der Waals surface area contributed by atoms with Crippen molar-refractivity contribution in [2.45, 2.75) is 57.9 Å². The molecule has 1 unspecified atom stereocenters. The molecule has 6 nitrogen and oxygen atoms in total. The van der Waals surface area contributed by atoms with Crippen LogP contribution >= 0.6 is 0 Å². The van der Waals surface area contributed by atoms with E-state index in [1.807, 2.05) is 19.0 Å². The average molecular weight is 279 g/mol. The van der Waals surface area contributed by atoms with E-state index in [1.54, 1.807) is 4.68 Å². The molecule has 0 aliphatic heterocycles. The Hall–Kier alpha value is -1.46. The molecule has 0 radical (unpaired) electrons. The van der Waals surface area contributed by atoms with Gasteiger partial charge in [0.05, 0.1) is 0 Å². The smallest absolute Gasteiger partial charge is 0.222 e. The van der Waals surface area contributed by atoms with Gasteiger partial charge in [-0.3, -0.25) is 4.79 Å². The molecule has 0 bridgehead atoms. The SMILES string of the molecule is CC(CC(=O)N(C)C1CCCCC1)Cc1nnnn1C. The quantitative estimate of drug-likeness (QED) is 0.820.